The summed E-state index contributed by atoms with van der Waals surface area (Å²) in [6.45, 7) is 0. The maximum Gasteiger partial charge on any atom is 0.248 e. The monoisotopic (exact) mass is 491 g/mol. The van der Waals surface area contributed by atoms with Gasteiger partial charge in [0.15, 0.2) is 23.0 Å². The average molecular weight is 492 g/mol. The van der Waals surface area contributed by atoms with Gasteiger partial charge in [-0.1, -0.05) is 18.2 Å². The van der Waals surface area contributed by atoms with Gasteiger partial charge in [-0.15, -0.1) is 0 Å². The summed E-state index contributed by atoms with van der Waals surface area (Å²) in [6, 6.07) is 13.9. The molecule has 0 bridgehead atoms. The van der Waals surface area contributed by atoms with Crippen molar-refractivity contribution in [1.82, 2.24) is 0 Å². The van der Waals surface area contributed by atoms with E-state index in [1.807, 2.05) is 36.4 Å². The Kier molecular flexibility index (Phi) is 8.83. The fourth-order valence-corrected chi connectivity index (χ4v) is 3.44. The molecule has 3 aromatic rings. The van der Waals surface area contributed by atoms with Crippen LogP contribution in [0.5, 0.6) is 34.5 Å². The van der Waals surface area contributed by atoms with E-state index in [0.29, 0.717) is 40.0 Å². The van der Waals surface area contributed by atoms with E-state index in [4.69, 9.17) is 23.7 Å². The third-order valence-electron chi connectivity index (χ3n) is 5.29. The highest BCUT2D eigenvalue weighted by atomic mass is 16.5. The lowest BCUT2D eigenvalue weighted by Crippen LogP contribution is -2.09. The minimum absolute atomic E-state index is 0.0269. The van der Waals surface area contributed by atoms with Crippen LogP contribution in [0.1, 0.15) is 16.7 Å². The van der Waals surface area contributed by atoms with Gasteiger partial charge in [-0.05, 0) is 59.2 Å². The number of rotatable bonds is 10. The van der Waals surface area contributed by atoms with Crippen LogP contribution in [0.3, 0.4) is 0 Å². The van der Waals surface area contributed by atoms with Gasteiger partial charge in [0.05, 0.1) is 41.2 Å². The summed E-state index contributed by atoms with van der Waals surface area (Å²) < 4.78 is 26.7. The molecule has 0 aromatic heterocycles. The van der Waals surface area contributed by atoms with Gasteiger partial charge in [0, 0.05) is 12.1 Å². The number of methoxy groups -OCH3 is 5. The fraction of sp³-hybridized carbons (Fsp3) is 0.179. The number of aromatic hydroxyl groups is 1. The Balaban J connectivity index is 1.86. The molecular formula is C28H29NO7. The molecule has 3 aromatic carbocycles. The van der Waals surface area contributed by atoms with E-state index in [1.54, 1.807) is 52.7 Å². The average Bonchev–Trinajstić information content (AvgIpc) is 2.90. The number of carbonyl (C=O) groups is 1. The molecule has 0 atom stereocenters. The summed E-state index contributed by atoms with van der Waals surface area (Å²) in [4.78, 5) is 12.7. The van der Waals surface area contributed by atoms with Crippen LogP contribution in [-0.4, -0.2) is 46.6 Å². The third-order valence-corrected chi connectivity index (χ3v) is 5.29. The van der Waals surface area contributed by atoms with Crippen LogP contribution >= 0.6 is 0 Å². The normalized spacial score (nSPS) is 10.9. The lowest BCUT2D eigenvalue weighted by Gasteiger charge is -2.13. The van der Waals surface area contributed by atoms with Crippen molar-refractivity contribution in [3.05, 3.63) is 71.3 Å². The van der Waals surface area contributed by atoms with Gasteiger partial charge in [0.2, 0.25) is 11.7 Å². The highest BCUT2D eigenvalue weighted by Gasteiger charge is 2.12. The smallest absolute Gasteiger partial charge is 0.248 e. The number of amides is 1. The van der Waals surface area contributed by atoms with Crippen LogP contribution in [0.15, 0.2) is 54.6 Å². The predicted molar refractivity (Wildman–Crippen MR) is 140 cm³/mol. The van der Waals surface area contributed by atoms with Crippen LogP contribution in [0, 0.1) is 0 Å². The largest absolute Gasteiger partial charge is 0.504 e. The minimum atomic E-state index is -0.335. The zero-order chi connectivity index (χ0) is 26.1. The summed E-state index contributed by atoms with van der Waals surface area (Å²) >= 11 is 0. The Bertz CT molecular complexity index is 1260. The molecule has 0 unspecified atom stereocenters. The first-order chi connectivity index (χ1) is 17.4. The number of hydrogen-bond acceptors (Lipinski definition) is 7. The Morgan fingerprint density at radius 1 is 0.722 bits per heavy atom. The van der Waals surface area contributed by atoms with Gasteiger partial charge < -0.3 is 34.1 Å². The Hall–Kier alpha value is -4.59. The maximum absolute atomic E-state index is 12.7. The maximum atomic E-state index is 12.7. The molecule has 8 nitrogen and oxygen atoms in total. The second kappa shape index (κ2) is 12.2. The number of phenols is 1. The van der Waals surface area contributed by atoms with Crippen LogP contribution in [-0.2, 0) is 4.79 Å². The molecule has 0 spiro atoms. The molecule has 3 rings (SSSR count). The Labute approximate surface area is 210 Å². The number of nitrogens with one attached hydrogen (secondary N) is 1. The molecule has 2 N–H and O–H groups in total. The van der Waals surface area contributed by atoms with Crippen molar-refractivity contribution in [3.63, 3.8) is 0 Å². The molecular weight excluding hydrogens is 462 g/mol. The summed E-state index contributed by atoms with van der Waals surface area (Å²) in [5.41, 5.74) is 2.85. The molecule has 36 heavy (non-hydrogen) atoms. The van der Waals surface area contributed by atoms with Crippen LogP contribution < -0.4 is 29.0 Å². The van der Waals surface area contributed by atoms with E-state index < -0.39 is 0 Å². The van der Waals surface area contributed by atoms with Gasteiger partial charge in [0.25, 0.3) is 0 Å². The van der Waals surface area contributed by atoms with Crippen molar-refractivity contribution in [2.75, 3.05) is 40.9 Å². The third kappa shape index (κ3) is 6.29. The van der Waals surface area contributed by atoms with E-state index in [9.17, 15) is 9.90 Å². The summed E-state index contributed by atoms with van der Waals surface area (Å²) in [7, 11) is 7.69. The second-order valence-corrected chi connectivity index (χ2v) is 7.50. The predicted octanol–water partition coefficient (Wildman–Crippen LogP) is 5.26. The molecule has 0 saturated heterocycles. The van der Waals surface area contributed by atoms with Crippen molar-refractivity contribution in [1.29, 1.82) is 0 Å². The molecule has 0 aliphatic rings. The van der Waals surface area contributed by atoms with Gasteiger partial charge in [-0.3, -0.25) is 4.79 Å². The molecule has 1 amide bonds. The molecule has 8 heteroatoms. The Morgan fingerprint density at radius 3 is 2.00 bits per heavy atom. The number of hydrogen-bond donors (Lipinski definition) is 2. The van der Waals surface area contributed by atoms with E-state index in [0.717, 1.165) is 11.1 Å². The molecule has 0 heterocycles. The zero-order valence-electron chi connectivity index (χ0n) is 20.8. The van der Waals surface area contributed by atoms with Gasteiger partial charge in [0.1, 0.15) is 5.75 Å². The van der Waals surface area contributed by atoms with Gasteiger partial charge in [-0.25, -0.2) is 0 Å². The quantitative estimate of drug-likeness (QED) is 0.295. The number of phenolic OH excluding ortho intramolecular Hbond substituents is 1. The van der Waals surface area contributed by atoms with E-state index in [2.05, 4.69) is 5.32 Å². The van der Waals surface area contributed by atoms with Gasteiger partial charge in [-0.2, -0.15) is 0 Å². The van der Waals surface area contributed by atoms with Gasteiger partial charge >= 0.3 is 0 Å². The SMILES string of the molecule is COc1ccc(C=Cc2cc(OC)c(OC)c(OC)c2)c(NC(=O)/C=C/c2ccc(O)c(OC)c2)c1. The van der Waals surface area contributed by atoms with Crippen molar-refractivity contribution in [2.24, 2.45) is 0 Å². The van der Waals surface area contributed by atoms with Crippen molar-refractivity contribution >= 4 is 29.8 Å². The Morgan fingerprint density at radius 2 is 1.39 bits per heavy atom. The van der Waals surface area contributed by atoms with Crippen molar-refractivity contribution in [3.8, 4) is 34.5 Å². The molecule has 0 aliphatic heterocycles. The van der Waals surface area contributed by atoms with E-state index >= 15 is 0 Å². The summed E-state index contributed by atoms with van der Waals surface area (Å²) in [5.74, 6) is 2.20. The lowest BCUT2D eigenvalue weighted by atomic mass is 10.1. The molecule has 188 valence electrons. The van der Waals surface area contributed by atoms with Crippen LogP contribution in [0.2, 0.25) is 0 Å². The second-order valence-electron chi connectivity index (χ2n) is 7.50. The number of anilines is 1. The first-order valence-electron chi connectivity index (χ1n) is 10.9. The van der Waals surface area contributed by atoms with Crippen molar-refractivity contribution in [2.45, 2.75) is 0 Å². The highest BCUT2D eigenvalue weighted by Crippen LogP contribution is 2.39. The fourth-order valence-electron chi connectivity index (χ4n) is 3.44. The zero-order valence-corrected chi connectivity index (χ0v) is 20.8. The van der Waals surface area contributed by atoms with Crippen LogP contribution in [0.25, 0.3) is 18.2 Å². The van der Waals surface area contributed by atoms with E-state index in [-0.39, 0.29) is 11.7 Å². The lowest BCUT2D eigenvalue weighted by molar-refractivity contribution is -0.111. The number of benzene rings is 3. The van der Waals surface area contributed by atoms with Crippen molar-refractivity contribution < 1.29 is 33.6 Å². The first kappa shape index (κ1) is 26.0. The standard InChI is InChI=1S/C28H29NO7/c1-32-21-11-10-20(9-6-19-15-25(34-3)28(36-5)26(16-19)35-4)22(17-21)29-27(31)13-8-18-7-12-23(30)24(14-18)33-2/h6-17,30H,1-5H3,(H,29,31)/b9-6?,13-8+. The molecule has 0 fully saturated rings. The topological polar surface area (TPSA) is 95.5 Å². The molecule has 0 saturated carbocycles. The summed E-state index contributed by atoms with van der Waals surface area (Å²) in [5, 5.41) is 12.6. The summed E-state index contributed by atoms with van der Waals surface area (Å²) in [6.07, 6.45) is 6.77. The first-order valence-corrected chi connectivity index (χ1v) is 10.9. The highest BCUT2D eigenvalue weighted by molar-refractivity contribution is 6.03. The van der Waals surface area contributed by atoms with E-state index in [1.165, 1.54) is 19.3 Å². The number of ether oxygens (including phenoxy) is 5. The molecule has 0 radical (unpaired) electrons. The minimum Gasteiger partial charge on any atom is -0.504 e. The number of carbonyl (C=O) groups excluding carboxylic acids is 1. The van der Waals surface area contributed by atoms with Crippen LogP contribution in [0.4, 0.5) is 5.69 Å². The molecule has 0 aliphatic carbocycles.